The van der Waals surface area contributed by atoms with Gasteiger partial charge in [0.2, 0.25) is 0 Å². The minimum atomic E-state index is -4.46. The van der Waals surface area contributed by atoms with E-state index in [2.05, 4.69) is 15.4 Å². The SMILES string of the molecule is COC(=O)C[C@@H]1C=C[C@@H](NC(=O)Nc2ccc(C(F)(F)F)cc2)[C@H](CO)O1. The van der Waals surface area contributed by atoms with Crippen molar-refractivity contribution in [1.82, 2.24) is 5.32 Å². The average molecular weight is 388 g/mol. The molecule has 0 unspecified atom stereocenters. The van der Waals surface area contributed by atoms with Crippen molar-refractivity contribution in [3.8, 4) is 0 Å². The van der Waals surface area contributed by atoms with Gasteiger partial charge in [-0.1, -0.05) is 12.2 Å². The minimum absolute atomic E-state index is 0.0338. The summed E-state index contributed by atoms with van der Waals surface area (Å²) in [6, 6.07) is 2.61. The summed E-state index contributed by atoms with van der Waals surface area (Å²) in [4.78, 5) is 23.3. The average Bonchev–Trinajstić information content (AvgIpc) is 2.62. The van der Waals surface area contributed by atoms with Crippen LogP contribution in [-0.2, 0) is 20.4 Å². The molecule has 148 valence electrons. The number of aliphatic hydroxyl groups is 1. The first-order chi connectivity index (χ1) is 12.7. The van der Waals surface area contributed by atoms with Crippen molar-refractivity contribution >= 4 is 17.7 Å². The maximum absolute atomic E-state index is 12.5. The van der Waals surface area contributed by atoms with Gasteiger partial charge in [0.05, 0.1) is 37.8 Å². The Bertz CT molecular complexity index is 691. The van der Waals surface area contributed by atoms with Crippen LogP contribution in [0.5, 0.6) is 0 Å². The van der Waals surface area contributed by atoms with Crippen LogP contribution in [0.4, 0.5) is 23.7 Å². The van der Waals surface area contributed by atoms with Gasteiger partial charge in [0.1, 0.15) is 6.10 Å². The highest BCUT2D eigenvalue weighted by Crippen LogP contribution is 2.29. The number of carbonyl (C=O) groups excluding carboxylic acids is 2. The van der Waals surface area contributed by atoms with Crippen molar-refractivity contribution in [3.05, 3.63) is 42.0 Å². The Morgan fingerprint density at radius 1 is 1.22 bits per heavy atom. The number of halogens is 3. The number of nitrogens with one attached hydrogen (secondary N) is 2. The van der Waals surface area contributed by atoms with Gasteiger partial charge in [-0.2, -0.15) is 13.2 Å². The lowest BCUT2D eigenvalue weighted by Crippen LogP contribution is -2.49. The largest absolute Gasteiger partial charge is 0.469 e. The lowest BCUT2D eigenvalue weighted by atomic mass is 10.1. The molecular formula is C17H19F3N2O5. The van der Waals surface area contributed by atoms with Gasteiger partial charge in [0.15, 0.2) is 0 Å². The van der Waals surface area contributed by atoms with E-state index < -0.39 is 48.6 Å². The minimum Gasteiger partial charge on any atom is -0.469 e. The molecule has 1 aliphatic heterocycles. The van der Waals surface area contributed by atoms with E-state index in [1.165, 1.54) is 7.11 Å². The normalized spacial score (nSPS) is 22.2. The van der Waals surface area contributed by atoms with Gasteiger partial charge in [-0.15, -0.1) is 0 Å². The van der Waals surface area contributed by atoms with Crippen molar-refractivity contribution in [3.63, 3.8) is 0 Å². The summed E-state index contributed by atoms with van der Waals surface area (Å²) in [5.41, 5.74) is -0.653. The second kappa shape index (κ2) is 8.87. The number of ether oxygens (including phenoxy) is 2. The van der Waals surface area contributed by atoms with Crippen LogP contribution in [0.15, 0.2) is 36.4 Å². The molecular weight excluding hydrogens is 369 g/mol. The van der Waals surface area contributed by atoms with E-state index in [1.807, 2.05) is 0 Å². The molecule has 3 atom stereocenters. The molecule has 0 saturated carbocycles. The third-order valence-corrected chi connectivity index (χ3v) is 3.83. The zero-order valence-electron chi connectivity index (χ0n) is 14.3. The topological polar surface area (TPSA) is 96.9 Å². The van der Waals surface area contributed by atoms with Crippen molar-refractivity contribution < 1.29 is 37.3 Å². The van der Waals surface area contributed by atoms with E-state index in [1.54, 1.807) is 12.2 Å². The number of benzene rings is 1. The first-order valence-electron chi connectivity index (χ1n) is 7.99. The van der Waals surface area contributed by atoms with Crippen LogP contribution in [-0.4, -0.2) is 49.1 Å². The molecule has 2 amide bonds. The van der Waals surface area contributed by atoms with Crippen molar-refractivity contribution in [2.24, 2.45) is 0 Å². The van der Waals surface area contributed by atoms with Crippen molar-refractivity contribution in [1.29, 1.82) is 0 Å². The predicted octanol–water partition coefficient (Wildman–Crippen LogP) is 2.07. The quantitative estimate of drug-likeness (QED) is 0.530. The Kier molecular flexibility index (Phi) is 6.81. The molecule has 0 spiro atoms. The number of hydrogen-bond donors (Lipinski definition) is 3. The number of rotatable bonds is 5. The van der Waals surface area contributed by atoms with E-state index in [0.29, 0.717) is 0 Å². The summed E-state index contributed by atoms with van der Waals surface area (Å²) >= 11 is 0. The second-order valence-corrected chi connectivity index (χ2v) is 5.76. The molecule has 0 aliphatic carbocycles. The van der Waals surface area contributed by atoms with Gasteiger partial charge >= 0.3 is 18.2 Å². The maximum Gasteiger partial charge on any atom is 0.416 e. The number of aliphatic hydroxyl groups excluding tert-OH is 1. The zero-order chi connectivity index (χ0) is 20.0. The predicted molar refractivity (Wildman–Crippen MR) is 88.9 cm³/mol. The maximum atomic E-state index is 12.5. The van der Waals surface area contributed by atoms with Crippen molar-refractivity contribution in [2.45, 2.75) is 30.8 Å². The Labute approximate surface area is 153 Å². The number of alkyl halides is 3. The molecule has 0 saturated heterocycles. The van der Waals surface area contributed by atoms with E-state index in [9.17, 15) is 27.9 Å². The monoisotopic (exact) mass is 388 g/mol. The van der Waals surface area contributed by atoms with Crippen LogP contribution >= 0.6 is 0 Å². The van der Waals surface area contributed by atoms with E-state index in [0.717, 1.165) is 24.3 Å². The Hall–Kier alpha value is -2.59. The lowest BCUT2D eigenvalue weighted by Gasteiger charge is -2.31. The van der Waals surface area contributed by atoms with Gasteiger partial charge < -0.3 is 25.2 Å². The van der Waals surface area contributed by atoms with E-state index in [4.69, 9.17) is 4.74 Å². The highest BCUT2D eigenvalue weighted by Gasteiger charge is 2.31. The molecule has 27 heavy (non-hydrogen) atoms. The number of methoxy groups -OCH3 is 1. The summed E-state index contributed by atoms with van der Waals surface area (Å²) < 4.78 is 47.7. The third kappa shape index (κ3) is 5.97. The molecule has 2 rings (SSSR count). The standard InChI is InChI=1S/C17H19F3N2O5/c1-26-15(24)8-12-6-7-13(14(9-23)27-12)22-16(25)21-11-4-2-10(3-5-11)17(18,19)20/h2-7,12-14,23H,8-9H2,1H3,(H2,21,22,25)/t12-,13+,14-/m0/s1. The molecule has 0 bridgehead atoms. The molecule has 3 N–H and O–H groups in total. The van der Waals surface area contributed by atoms with E-state index >= 15 is 0 Å². The Morgan fingerprint density at radius 2 is 1.89 bits per heavy atom. The number of hydrogen-bond acceptors (Lipinski definition) is 5. The first-order valence-corrected chi connectivity index (χ1v) is 7.99. The van der Waals surface area contributed by atoms with Gasteiger partial charge in [-0.05, 0) is 24.3 Å². The fourth-order valence-electron chi connectivity index (χ4n) is 2.44. The summed E-state index contributed by atoms with van der Waals surface area (Å²) in [5, 5.41) is 14.4. The van der Waals surface area contributed by atoms with Crippen LogP contribution < -0.4 is 10.6 Å². The Balaban J connectivity index is 1.94. The summed E-state index contributed by atoms with van der Waals surface area (Å²) in [5.74, 6) is -0.479. The summed E-state index contributed by atoms with van der Waals surface area (Å²) in [7, 11) is 1.24. The van der Waals surface area contributed by atoms with Crippen molar-refractivity contribution in [2.75, 3.05) is 19.0 Å². The van der Waals surface area contributed by atoms with Crippen LogP contribution in [0.25, 0.3) is 0 Å². The molecule has 1 heterocycles. The van der Waals surface area contributed by atoms with Crippen LogP contribution in [0.3, 0.4) is 0 Å². The number of amides is 2. The number of urea groups is 1. The van der Waals surface area contributed by atoms with Crippen LogP contribution in [0, 0.1) is 0 Å². The number of carbonyl (C=O) groups is 2. The molecule has 1 aromatic carbocycles. The second-order valence-electron chi connectivity index (χ2n) is 5.76. The highest BCUT2D eigenvalue weighted by atomic mass is 19.4. The van der Waals surface area contributed by atoms with Crippen LogP contribution in [0.1, 0.15) is 12.0 Å². The molecule has 0 fully saturated rings. The summed E-state index contributed by atoms with van der Waals surface area (Å²) in [6.45, 7) is -0.409. The van der Waals surface area contributed by atoms with Crippen LogP contribution in [0.2, 0.25) is 0 Å². The fourth-order valence-corrected chi connectivity index (χ4v) is 2.44. The number of esters is 1. The third-order valence-electron chi connectivity index (χ3n) is 3.83. The van der Waals surface area contributed by atoms with Gasteiger partial charge in [0, 0.05) is 5.69 Å². The fraction of sp³-hybridized carbons (Fsp3) is 0.412. The van der Waals surface area contributed by atoms with E-state index in [-0.39, 0.29) is 12.1 Å². The van der Waals surface area contributed by atoms with Gasteiger partial charge in [-0.3, -0.25) is 4.79 Å². The molecule has 1 aliphatic rings. The number of anilines is 1. The molecule has 7 nitrogen and oxygen atoms in total. The molecule has 1 aromatic rings. The highest BCUT2D eigenvalue weighted by molar-refractivity contribution is 5.89. The summed E-state index contributed by atoms with van der Waals surface area (Å²) in [6.07, 6.45) is -2.74. The molecule has 0 radical (unpaired) electrons. The Morgan fingerprint density at radius 3 is 2.44 bits per heavy atom. The first kappa shape index (κ1) is 20.7. The smallest absolute Gasteiger partial charge is 0.416 e. The van der Waals surface area contributed by atoms with Gasteiger partial charge in [-0.25, -0.2) is 4.79 Å². The molecule has 10 heteroatoms. The lowest BCUT2D eigenvalue weighted by molar-refractivity contribution is -0.145. The molecule has 0 aromatic heterocycles. The zero-order valence-corrected chi connectivity index (χ0v) is 14.3. The van der Waals surface area contributed by atoms with Gasteiger partial charge in [0.25, 0.3) is 0 Å².